The van der Waals surface area contributed by atoms with Gasteiger partial charge in [-0.25, -0.2) is 19.6 Å². The predicted molar refractivity (Wildman–Crippen MR) is 94.3 cm³/mol. The van der Waals surface area contributed by atoms with Gasteiger partial charge in [0.1, 0.15) is 34.5 Å². The highest BCUT2D eigenvalue weighted by atomic mass is 32.1. The first-order chi connectivity index (χ1) is 12.0. The molecule has 2 heterocycles. The highest BCUT2D eigenvalue weighted by Gasteiger charge is 2.23. The van der Waals surface area contributed by atoms with E-state index in [0.29, 0.717) is 39.5 Å². The summed E-state index contributed by atoms with van der Waals surface area (Å²) in [5.74, 6) is -0.983. The maximum absolute atomic E-state index is 12.2. The number of methoxy groups -OCH3 is 1. The van der Waals surface area contributed by atoms with Crippen LogP contribution in [0.4, 0.5) is 5.82 Å². The Labute approximate surface area is 149 Å². The number of carbonyl (C=O) groups is 2. The van der Waals surface area contributed by atoms with Crippen LogP contribution in [0.1, 0.15) is 35.0 Å². The van der Waals surface area contributed by atoms with Gasteiger partial charge in [0.05, 0.1) is 12.0 Å². The lowest BCUT2D eigenvalue weighted by molar-refractivity contribution is -0.138. The highest BCUT2D eigenvalue weighted by Crippen LogP contribution is 2.34. The summed E-state index contributed by atoms with van der Waals surface area (Å²) in [6, 6.07) is -0.750. The smallest absolute Gasteiger partial charge is 0.348 e. The summed E-state index contributed by atoms with van der Waals surface area (Å²) in [5, 5.41) is 12.9. The Bertz CT molecular complexity index is 762. The summed E-state index contributed by atoms with van der Waals surface area (Å²) >= 11 is 1.20. The van der Waals surface area contributed by atoms with Crippen LogP contribution in [-0.2, 0) is 14.3 Å². The van der Waals surface area contributed by atoms with Crippen LogP contribution in [0.5, 0.6) is 0 Å². The second kappa shape index (κ2) is 8.72. The van der Waals surface area contributed by atoms with E-state index in [4.69, 9.17) is 9.47 Å². The summed E-state index contributed by atoms with van der Waals surface area (Å²) in [7, 11) is 1.53. The summed E-state index contributed by atoms with van der Waals surface area (Å²) in [6.07, 6.45) is 2.54. The Morgan fingerprint density at radius 1 is 1.36 bits per heavy atom. The molecule has 1 atom stereocenters. The lowest BCUT2D eigenvalue weighted by atomic mass is 10.1. The molecule has 25 heavy (non-hydrogen) atoms. The minimum absolute atomic E-state index is 0.164. The van der Waals surface area contributed by atoms with Gasteiger partial charge in [0.25, 0.3) is 0 Å². The van der Waals surface area contributed by atoms with Gasteiger partial charge in [-0.15, -0.1) is 11.3 Å². The van der Waals surface area contributed by atoms with E-state index in [-0.39, 0.29) is 6.61 Å². The number of aromatic nitrogens is 2. The maximum atomic E-state index is 12.2. The molecule has 0 aliphatic rings. The molecule has 0 spiro atoms. The van der Waals surface area contributed by atoms with Crippen LogP contribution >= 0.6 is 11.3 Å². The number of rotatable bonds is 9. The Morgan fingerprint density at radius 2 is 2.12 bits per heavy atom. The van der Waals surface area contributed by atoms with E-state index >= 15 is 0 Å². The molecule has 0 radical (unpaired) electrons. The Balaban J connectivity index is 2.34. The third-order valence-corrected chi connectivity index (χ3v) is 4.80. The third kappa shape index (κ3) is 4.43. The number of ether oxygens (including phenoxy) is 2. The Kier molecular flexibility index (Phi) is 6.65. The topological polar surface area (TPSA) is 111 Å². The number of thiophene rings is 1. The molecule has 0 saturated heterocycles. The Hall–Kier alpha value is -2.26. The standard InChI is InChI=1S/C16H21N3O5S/c1-4-5-10(15(20)21)19-13-11-9(2)12(16(22)24-7-6-23-3)25-14(11)18-8-17-13/h8,10H,4-7H2,1-3H3,(H,20,21)(H,17,18,19). The second-order valence-electron chi connectivity index (χ2n) is 5.41. The van der Waals surface area contributed by atoms with Crippen LogP contribution < -0.4 is 5.32 Å². The number of aryl methyl sites for hydroxylation is 1. The van der Waals surface area contributed by atoms with Gasteiger partial charge < -0.3 is 19.9 Å². The third-order valence-electron chi connectivity index (χ3n) is 3.62. The first-order valence-corrected chi connectivity index (χ1v) is 8.70. The van der Waals surface area contributed by atoms with Crippen molar-refractivity contribution in [3.05, 3.63) is 16.8 Å². The molecule has 0 aliphatic heterocycles. The van der Waals surface area contributed by atoms with Crippen LogP contribution in [0.2, 0.25) is 0 Å². The zero-order chi connectivity index (χ0) is 18.4. The maximum Gasteiger partial charge on any atom is 0.348 e. The minimum Gasteiger partial charge on any atom is -0.480 e. The molecule has 0 amide bonds. The van der Waals surface area contributed by atoms with Crippen molar-refractivity contribution in [3.8, 4) is 0 Å². The van der Waals surface area contributed by atoms with Gasteiger partial charge in [-0.2, -0.15) is 0 Å². The predicted octanol–water partition coefficient (Wildman–Crippen LogP) is 2.47. The number of hydrogen-bond acceptors (Lipinski definition) is 8. The summed E-state index contributed by atoms with van der Waals surface area (Å²) in [6.45, 7) is 4.17. The quantitative estimate of drug-likeness (QED) is 0.514. The highest BCUT2D eigenvalue weighted by molar-refractivity contribution is 7.20. The van der Waals surface area contributed by atoms with E-state index in [0.717, 1.165) is 6.42 Å². The van der Waals surface area contributed by atoms with Gasteiger partial charge in [0.15, 0.2) is 0 Å². The molecule has 0 aromatic carbocycles. The number of aliphatic carboxylic acids is 1. The largest absolute Gasteiger partial charge is 0.480 e. The van der Waals surface area contributed by atoms with E-state index < -0.39 is 18.0 Å². The number of carboxylic acids is 1. The SMILES string of the molecule is CCCC(Nc1ncnc2sc(C(=O)OCCOC)c(C)c12)C(=O)O. The van der Waals surface area contributed by atoms with E-state index in [1.807, 2.05) is 6.92 Å². The second-order valence-corrected chi connectivity index (χ2v) is 6.41. The van der Waals surface area contributed by atoms with E-state index in [2.05, 4.69) is 15.3 Å². The lowest BCUT2D eigenvalue weighted by Crippen LogP contribution is -2.29. The van der Waals surface area contributed by atoms with Crippen LogP contribution in [-0.4, -0.2) is 53.4 Å². The van der Waals surface area contributed by atoms with Gasteiger partial charge >= 0.3 is 11.9 Å². The van der Waals surface area contributed by atoms with Crippen molar-refractivity contribution in [2.45, 2.75) is 32.7 Å². The molecule has 9 heteroatoms. The average molecular weight is 367 g/mol. The van der Waals surface area contributed by atoms with Crippen LogP contribution in [0, 0.1) is 6.92 Å². The van der Waals surface area contributed by atoms with Crippen molar-refractivity contribution < 1.29 is 24.2 Å². The van der Waals surface area contributed by atoms with Crippen molar-refractivity contribution >= 4 is 39.3 Å². The summed E-state index contributed by atoms with van der Waals surface area (Å²) in [5.41, 5.74) is 0.672. The van der Waals surface area contributed by atoms with Gasteiger partial charge in [-0.1, -0.05) is 13.3 Å². The molecular formula is C16H21N3O5S. The van der Waals surface area contributed by atoms with Crippen molar-refractivity contribution in [1.29, 1.82) is 0 Å². The fourth-order valence-electron chi connectivity index (χ4n) is 2.37. The molecule has 0 bridgehead atoms. The average Bonchev–Trinajstić information content (AvgIpc) is 2.92. The summed E-state index contributed by atoms with van der Waals surface area (Å²) in [4.78, 5) is 33.0. The van der Waals surface area contributed by atoms with Gasteiger partial charge in [0, 0.05) is 7.11 Å². The fourth-order valence-corrected chi connectivity index (χ4v) is 3.41. The van der Waals surface area contributed by atoms with Crippen LogP contribution in [0.25, 0.3) is 10.2 Å². The number of nitrogens with one attached hydrogen (secondary N) is 1. The number of fused-ring (bicyclic) bond motifs is 1. The van der Waals surface area contributed by atoms with Crippen molar-refractivity contribution in [1.82, 2.24) is 9.97 Å². The number of hydrogen-bond donors (Lipinski definition) is 2. The molecule has 0 aliphatic carbocycles. The van der Waals surface area contributed by atoms with Gasteiger partial charge in [-0.3, -0.25) is 0 Å². The molecule has 0 fully saturated rings. The van der Waals surface area contributed by atoms with Crippen LogP contribution in [0.15, 0.2) is 6.33 Å². The minimum atomic E-state index is -0.944. The number of carbonyl (C=O) groups excluding carboxylic acids is 1. The molecule has 0 saturated carbocycles. The van der Waals surface area contributed by atoms with Gasteiger partial charge in [0.2, 0.25) is 0 Å². The molecule has 8 nitrogen and oxygen atoms in total. The molecular weight excluding hydrogens is 346 g/mol. The lowest BCUT2D eigenvalue weighted by Gasteiger charge is -2.14. The molecule has 1 unspecified atom stereocenters. The molecule has 2 aromatic heterocycles. The van der Waals surface area contributed by atoms with Crippen molar-refractivity contribution in [2.75, 3.05) is 25.6 Å². The molecule has 2 N–H and O–H groups in total. The molecule has 2 aromatic rings. The molecule has 2 rings (SSSR count). The van der Waals surface area contributed by atoms with Crippen LogP contribution in [0.3, 0.4) is 0 Å². The van der Waals surface area contributed by atoms with Crippen molar-refractivity contribution in [3.63, 3.8) is 0 Å². The van der Waals surface area contributed by atoms with E-state index in [1.165, 1.54) is 24.8 Å². The number of anilines is 1. The van der Waals surface area contributed by atoms with Crippen molar-refractivity contribution in [2.24, 2.45) is 0 Å². The fraction of sp³-hybridized carbons (Fsp3) is 0.500. The first kappa shape index (κ1) is 19.1. The zero-order valence-corrected chi connectivity index (χ0v) is 15.2. The van der Waals surface area contributed by atoms with E-state index in [9.17, 15) is 14.7 Å². The zero-order valence-electron chi connectivity index (χ0n) is 14.4. The summed E-state index contributed by atoms with van der Waals surface area (Å²) < 4.78 is 10.0. The number of carboxylic acid groups (broad SMARTS) is 1. The monoisotopic (exact) mass is 367 g/mol. The van der Waals surface area contributed by atoms with E-state index in [1.54, 1.807) is 6.92 Å². The first-order valence-electron chi connectivity index (χ1n) is 7.89. The number of esters is 1. The number of nitrogens with zero attached hydrogens (tertiary/aromatic N) is 2. The van der Waals surface area contributed by atoms with Gasteiger partial charge in [-0.05, 0) is 18.9 Å². The normalized spacial score (nSPS) is 12.1. The molecule has 136 valence electrons. The Morgan fingerprint density at radius 3 is 2.76 bits per heavy atom.